The van der Waals surface area contributed by atoms with Crippen LogP contribution in [0.4, 0.5) is 5.69 Å². The third-order valence-electron chi connectivity index (χ3n) is 3.49. The van der Waals surface area contributed by atoms with Crippen LogP contribution < -0.4 is 14.8 Å². The Morgan fingerprint density at radius 1 is 1.08 bits per heavy atom. The van der Waals surface area contributed by atoms with Gasteiger partial charge in [-0.15, -0.1) is 0 Å². The van der Waals surface area contributed by atoms with E-state index in [0.29, 0.717) is 23.5 Å². The number of carbonyl (C=O) groups excluding carboxylic acids is 1. The first-order valence-electron chi connectivity index (χ1n) is 7.91. The summed E-state index contributed by atoms with van der Waals surface area (Å²) in [5.41, 5.74) is 2.18. The van der Waals surface area contributed by atoms with Gasteiger partial charge in [0.15, 0.2) is 6.61 Å². The molecule has 6 nitrogen and oxygen atoms in total. The lowest BCUT2D eigenvalue weighted by Gasteiger charge is -2.12. The molecule has 0 radical (unpaired) electrons. The Morgan fingerprint density at radius 3 is 2.36 bits per heavy atom. The van der Waals surface area contributed by atoms with Crippen molar-refractivity contribution >= 4 is 21.6 Å². The number of hydrogen-bond acceptors (Lipinski definition) is 4. The third-order valence-corrected chi connectivity index (χ3v) is 4.87. The van der Waals surface area contributed by atoms with E-state index in [1.165, 1.54) is 12.1 Å². The molecule has 2 rings (SSSR count). The van der Waals surface area contributed by atoms with Crippen LogP contribution in [-0.4, -0.2) is 27.5 Å². The van der Waals surface area contributed by atoms with Gasteiger partial charge in [-0.1, -0.05) is 17.7 Å². The molecule has 0 aliphatic heterocycles. The number of aryl methyl sites for hydroxylation is 2. The number of amides is 1. The van der Waals surface area contributed by atoms with Gasteiger partial charge in [-0.25, -0.2) is 8.42 Å². The highest BCUT2D eigenvalue weighted by molar-refractivity contribution is 7.92. The van der Waals surface area contributed by atoms with Crippen molar-refractivity contribution in [2.75, 3.05) is 17.9 Å². The van der Waals surface area contributed by atoms with E-state index < -0.39 is 10.0 Å². The maximum atomic E-state index is 12.5. The molecule has 0 unspecified atom stereocenters. The second-order valence-corrected chi connectivity index (χ2v) is 7.32. The highest BCUT2D eigenvalue weighted by Crippen LogP contribution is 2.23. The van der Waals surface area contributed by atoms with Crippen molar-refractivity contribution in [2.45, 2.75) is 25.7 Å². The first-order chi connectivity index (χ1) is 11.8. The molecule has 0 bridgehead atoms. The van der Waals surface area contributed by atoms with Crippen LogP contribution in [-0.2, 0) is 14.8 Å². The van der Waals surface area contributed by atoms with Crippen LogP contribution in [0.15, 0.2) is 47.4 Å². The summed E-state index contributed by atoms with van der Waals surface area (Å²) in [5, 5.41) is 2.63. The van der Waals surface area contributed by atoms with E-state index >= 15 is 0 Å². The van der Waals surface area contributed by atoms with Crippen molar-refractivity contribution in [3.8, 4) is 5.75 Å². The van der Waals surface area contributed by atoms with Gasteiger partial charge in [0.2, 0.25) is 0 Å². The summed E-state index contributed by atoms with van der Waals surface area (Å²) in [7, 11) is -3.69. The number of benzene rings is 2. The highest BCUT2D eigenvalue weighted by Gasteiger charge is 2.16. The van der Waals surface area contributed by atoms with Gasteiger partial charge in [-0.2, -0.15) is 0 Å². The molecule has 0 heterocycles. The molecule has 0 saturated heterocycles. The quantitative estimate of drug-likeness (QED) is 0.793. The number of rotatable bonds is 7. The molecule has 2 N–H and O–H groups in total. The van der Waals surface area contributed by atoms with Gasteiger partial charge in [0, 0.05) is 12.2 Å². The fourth-order valence-electron chi connectivity index (χ4n) is 2.18. The van der Waals surface area contributed by atoms with Gasteiger partial charge in [-0.05, 0) is 56.7 Å². The minimum atomic E-state index is -3.69. The largest absolute Gasteiger partial charge is 0.484 e. The average Bonchev–Trinajstić information content (AvgIpc) is 2.56. The van der Waals surface area contributed by atoms with Gasteiger partial charge in [0.25, 0.3) is 15.9 Å². The van der Waals surface area contributed by atoms with Gasteiger partial charge >= 0.3 is 0 Å². The molecule has 0 saturated carbocycles. The number of ether oxygens (including phenoxy) is 1. The lowest BCUT2D eigenvalue weighted by atomic mass is 10.2. The number of hydrogen-bond donors (Lipinski definition) is 2. The molecule has 0 aliphatic rings. The van der Waals surface area contributed by atoms with Crippen molar-refractivity contribution < 1.29 is 17.9 Å². The van der Waals surface area contributed by atoms with Gasteiger partial charge < -0.3 is 10.1 Å². The number of nitrogens with one attached hydrogen (secondary N) is 2. The van der Waals surface area contributed by atoms with E-state index in [9.17, 15) is 13.2 Å². The first kappa shape index (κ1) is 18.8. The summed E-state index contributed by atoms with van der Waals surface area (Å²) < 4.78 is 32.9. The molecule has 0 spiro atoms. The van der Waals surface area contributed by atoms with Crippen LogP contribution in [0.25, 0.3) is 0 Å². The molecule has 0 aliphatic carbocycles. The van der Waals surface area contributed by atoms with E-state index in [2.05, 4.69) is 10.0 Å². The van der Waals surface area contributed by atoms with E-state index in [4.69, 9.17) is 4.74 Å². The molecule has 7 heteroatoms. The Hall–Kier alpha value is -2.54. The SMILES string of the molecule is CCNC(=O)COc1ccc(S(=O)(=O)Nc2ccc(C)cc2)cc1C. The van der Waals surface area contributed by atoms with Gasteiger partial charge in [0.05, 0.1) is 4.90 Å². The zero-order valence-corrected chi connectivity index (χ0v) is 15.3. The molecule has 2 aromatic rings. The van der Waals surface area contributed by atoms with Crippen molar-refractivity contribution in [3.63, 3.8) is 0 Å². The summed E-state index contributed by atoms with van der Waals surface area (Å²) in [6.07, 6.45) is 0. The summed E-state index contributed by atoms with van der Waals surface area (Å²) >= 11 is 0. The Kier molecular flexibility index (Phi) is 6.03. The normalized spacial score (nSPS) is 11.0. The Balaban J connectivity index is 2.12. The van der Waals surface area contributed by atoms with Crippen molar-refractivity contribution in [1.82, 2.24) is 5.32 Å². The lowest BCUT2D eigenvalue weighted by molar-refractivity contribution is -0.122. The minimum Gasteiger partial charge on any atom is -0.484 e. The van der Waals surface area contributed by atoms with E-state index in [0.717, 1.165) is 5.56 Å². The maximum Gasteiger partial charge on any atom is 0.261 e. The molecular weight excluding hydrogens is 340 g/mol. The van der Waals surface area contributed by atoms with Crippen LogP contribution in [0.5, 0.6) is 5.75 Å². The molecular formula is C18H22N2O4S. The van der Waals surface area contributed by atoms with Crippen LogP contribution >= 0.6 is 0 Å². The predicted molar refractivity (Wildman–Crippen MR) is 97.3 cm³/mol. The highest BCUT2D eigenvalue weighted by atomic mass is 32.2. The third kappa shape index (κ3) is 5.22. The number of anilines is 1. The fraction of sp³-hybridized carbons (Fsp3) is 0.278. The molecule has 0 aromatic heterocycles. The van der Waals surface area contributed by atoms with E-state index in [-0.39, 0.29) is 17.4 Å². The summed E-state index contributed by atoms with van der Waals surface area (Å²) in [5.74, 6) is 0.250. The summed E-state index contributed by atoms with van der Waals surface area (Å²) in [6, 6.07) is 11.6. The summed E-state index contributed by atoms with van der Waals surface area (Å²) in [4.78, 5) is 11.6. The monoisotopic (exact) mass is 362 g/mol. The minimum absolute atomic E-state index is 0.109. The first-order valence-corrected chi connectivity index (χ1v) is 9.40. The topological polar surface area (TPSA) is 84.5 Å². The number of carbonyl (C=O) groups is 1. The Morgan fingerprint density at radius 2 is 1.76 bits per heavy atom. The Labute approximate surface area is 148 Å². The van der Waals surface area contributed by atoms with Crippen molar-refractivity contribution in [2.24, 2.45) is 0 Å². The van der Waals surface area contributed by atoms with Gasteiger partial charge in [-0.3, -0.25) is 9.52 Å². The number of likely N-dealkylation sites (N-methyl/N-ethyl adjacent to an activating group) is 1. The van der Waals surface area contributed by atoms with Crippen molar-refractivity contribution in [1.29, 1.82) is 0 Å². The van der Waals surface area contributed by atoms with Crippen LogP contribution in [0.1, 0.15) is 18.1 Å². The fourth-order valence-corrected chi connectivity index (χ4v) is 3.32. The van der Waals surface area contributed by atoms with Crippen LogP contribution in [0.3, 0.4) is 0 Å². The average molecular weight is 362 g/mol. The van der Waals surface area contributed by atoms with Crippen LogP contribution in [0, 0.1) is 13.8 Å². The second kappa shape index (κ2) is 8.02. The molecule has 25 heavy (non-hydrogen) atoms. The second-order valence-electron chi connectivity index (χ2n) is 5.64. The molecule has 0 atom stereocenters. The van der Waals surface area contributed by atoms with Gasteiger partial charge in [0.1, 0.15) is 5.75 Å². The zero-order chi connectivity index (χ0) is 18.4. The smallest absolute Gasteiger partial charge is 0.261 e. The maximum absolute atomic E-state index is 12.5. The molecule has 0 fully saturated rings. The molecule has 134 valence electrons. The van der Waals surface area contributed by atoms with Crippen molar-refractivity contribution in [3.05, 3.63) is 53.6 Å². The molecule has 2 aromatic carbocycles. The van der Waals surface area contributed by atoms with Crippen LogP contribution in [0.2, 0.25) is 0 Å². The number of sulfonamides is 1. The lowest BCUT2D eigenvalue weighted by Crippen LogP contribution is -2.28. The van der Waals surface area contributed by atoms with E-state index in [1.54, 1.807) is 25.1 Å². The Bertz CT molecular complexity index is 846. The summed E-state index contributed by atoms with van der Waals surface area (Å²) in [6.45, 7) is 5.91. The zero-order valence-electron chi connectivity index (χ0n) is 14.5. The predicted octanol–water partition coefficient (Wildman–Crippen LogP) is 2.62. The van der Waals surface area contributed by atoms with E-state index in [1.807, 2.05) is 26.0 Å². The molecule has 1 amide bonds. The standard InChI is InChI=1S/C18H22N2O4S/c1-4-19-18(21)12-24-17-10-9-16(11-14(17)3)25(22,23)20-15-7-5-13(2)6-8-15/h5-11,20H,4,12H2,1-3H3,(H,19,21).